The monoisotopic (exact) mass is 255 g/mol. The van der Waals surface area contributed by atoms with Crippen molar-refractivity contribution >= 4 is 5.91 Å². The number of rotatable bonds is 5. The van der Waals surface area contributed by atoms with Crippen molar-refractivity contribution in [2.24, 2.45) is 5.92 Å². The molecule has 2 saturated heterocycles. The van der Waals surface area contributed by atoms with Crippen molar-refractivity contribution in [3.05, 3.63) is 0 Å². The fourth-order valence-corrected chi connectivity index (χ4v) is 2.42. The first-order chi connectivity index (χ1) is 8.58. The van der Waals surface area contributed by atoms with Crippen LogP contribution in [0.1, 0.15) is 20.3 Å². The van der Waals surface area contributed by atoms with Gasteiger partial charge in [0.05, 0.1) is 13.2 Å². The van der Waals surface area contributed by atoms with Crippen LogP contribution in [-0.2, 0) is 9.53 Å². The van der Waals surface area contributed by atoms with E-state index in [2.05, 4.69) is 29.4 Å². The van der Waals surface area contributed by atoms with Gasteiger partial charge in [-0.05, 0) is 32.9 Å². The summed E-state index contributed by atoms with van der Waals surface area (Å²) in [6.07, 6.45) is 0.659. The van der Waals surface area contributed by atoms with E-state index in [4.69, 9.17) is 4.74 Å². The number of morpholine rings is 1. The van der Waals surface area contributed by atoms with E-state index in [9.17, 15) is 4.79 Å². The van der Waals surface area contributed by atoms with Gasteiger partial charge in [-0.15, -0.1) is 0 Å². The second-order valence-corrected chi connectivity index (χ2v) is 5.92. The van der Waals surface area contributed by atoms with E-state index >= 15 is 0 Å². The minimum atomic E-state index is 0.0112. The Morgan fingerprint density at radius 1 is 1.39 bits per heavy atom. The molecule has 0 spiro atoms. The third kappa shape index (κ3) is 3.67. The molecule has 2 aliphatic heterocycles. The maximum atomic E-state index is 11.8. The number of carbonyl (C=O) groups excluding carboxylic acids is 1. The molecule has 2 rings (SSSR count). The zero-order valence-corrected chi connectivity index (χ0v) is 11.5. The lowest BCUT2D eigenvalue weighted by molar-refractivity contribution is -0.123. The highest BCUT2D eigenvalue weighted by Gasteiger charge is 2.29. The summed E-state index contributed by atoms with van der Waals surface area (Å²) < 4.78 is 5.36. The summed E-state index contributed by atoms with van der Waals surface area (Å²) in [4.78, 5) is 14.2. The standard InChI is InChI=1S/C13H25N3O2/c1-13(2,16-3-5-18-6-4-16)10-15-12(17)7-11-8-14-9-11/h11,14H,3-10H2,1-2H3,(H,15,17). The van der Waals surface area contributed by atoms with Gasteiger partial charge in [-0.2, -0.15) is 0 Å². The predicted octanol–water partition coefficient (Wildman–Crippen LogP) is -0.177. The summed E-state index contributed by atoms with van der Waals surface area (Å²) in [6.45, 7) is 10.6. The minimum Gasteiger partial charge on any atom is -0.379 e. The third-order valence-corrected chi connectivity index (χ3v) is 3.93. The van der Waals surface area contributed by atoms with Gasteiger partial charge in [-0.1, -0.05) is 0 Å². The number of ether oxygens (including phenoxy) is 1. The summed E-state index contributed by atoms with van der Waals surface area (Å²) >= 11 is 0. The topological polar surface area (TPSA) is 53.6 Å². The number of nitrogens with zero attached hydrogens (tertiary/aromatic N) is 1. The van der Waals surface area contributed by atoms with Crippen molar-refractivity contribution in [2.75, 3.05) is 45.9 Å². The maximum Gasteiger partial charge on any atom is 0.220 e. The molecule has 0 aromatic heterocycles. The molecule has 0 aliphatic carbocycles. The molecule has 1 amide bonds. The van der Waals surface area contributed by atoms with Crippen LogP contribution in [0, 0.1) is 5.92 Å². The Morgan fingerprint density at radius 3 is 2.61 bits per heavy atom. The van der Waals surface area contributed by atoms with E-state index in [-0.39, 0.29) is 11.4 Å². The summed E-state index contributed by atoms with van der Waals surface area (Å²) in [5.74, 6) is 0.722. The van der Waals surface area contributed by atoms with E-state index in [0.717, 1.165) is 39.4 Å². The van der Waals surface area contributed by atoms with Gasteiger partial charge in [0.1, 0.15) is 0 Å². The average molecular weight is 255 g/mol. The van der Waals surface area contributed by atoms with Crippen LogP contribution in [0.15, 0.2) is 0 Å². The van der Waals surface area contributed by atoms with Crippen LogP contribution < -0.4 is 10.6 Å². The van der Waals surface area contributed by atoms with E-state index in [1.807, 2.05) is 0 Å². The van der Waals surface area contributed by atoms with E-state index in [1.54, 1.807) is 0 Å². The highest BCUT2D eigenvalue weighted by molar-refractivity contribution is 5.76. The van der Waals surface area contributed by atoms with Gasteiger partial charge in [0, 0.05) is 31.6 Å². The van der Waals surface area contributed by atoms with E-state index in [1.165, 1.54) is 0 Å². The van der Waals surface area contributed by atoms with Crippen LogP contribution >= 0.6 is 0 Å². The minimum absolute atomic E-state index is 0.0112. The molecular weight excluding hydrogens is 230 g/mol. The van der Waals surface area contributed by atoms with Crippen molar-refractivity contribution in [1.29, 1.82) is 0 Å². The first-order valence-corrected chi connectivity index (χ1v) is 6.88. The summed E-state index contributed by atoms with van der Waals surface area (Å²) in [5.41, 5.74) is 0.0112. The van der Waals surface area contributed by atoms with Crippen LogP contribution in [0.5, 0.6) is 0 Å². The number of amides is 1. The second kappa shape index (κ2) is 5.99. The molecule has 2 heterocycles. The Labute approximate surface area is 109 Å². The Bertz CT molecular complexity index is 284. The zero-order chi connectivity index (χ0) is 13.0. The molecule has 2 fully saturated rings. The van der Waals surface area contributed by atoms with Crippen LogP contribution in [0.2, 0.25) is 0 Å². The molecule has 5 nitrogen and oxygen atoms in total. The number of carbonyl (C=O) groups is 1. The lowest BCUT2D eigenvalue weighted by Crippen LogP contribution is -2.55. The molecule has 2 aliphatic rings. The fraction of sp³-hybridized carbons (Fsp3) is 0.923. The largest absolute Gasteiger partial charge is 0.379 e. The SMILES string of the molecule is CC(C)(CNC(=O)CC1CNC1)N1CCOCC1. The highest BCUT2D eigenvalue weighted by atomic mass is 16.5. The Morgan fingerprint density at radius 2 is 2.06 bits per heavy atom. The zero-order valence-electron chi connectivity index (χ0n) is 11.5. The lowest BCUT2D eigenvalue weighted by atomic mass is 9.98. The quantitative estimate of drug-likeness (QED) is 0.716. The smallest absolute Gasteiger partial charge is 0.220 e. The lowest BCUT2D eigenvalue weighted by Gasteiger charge is -2.41. The van der Waals surface area contributed by atoms with Crippen molar-refractivity contribution in [3.8, 4) is 0 Å². The summed E-state index contributed by atoms with van der Waals surface area (Å²) in [6, 6.07) is 0. The van der Waals surface area contributed by atoms with Crippen molar-refractivity contribution in [1.82, 2.24) is 15.5 Å². The number of hydrogen-bond donors (Lipinski definition) is 2. The van der Waals surface area contributed by atoms with E-state index < -0.39 is 0 Å². The molecular formula is C13H25N3O2. The van der Waals surface area contributed by atoms with Gasteiger partial charge in [-0.25, -0.2) is 0 Å². The maximum absolute atomic E-state index is 11.8. The number of nitrogens with one attached hydrogen (secondary N) is 2. The van der Waals surface area contributed by atoms with Gasteiger partial charge in [0.2, 0.25) is 5.91 Å². The van der Waals surface area contributed by atoms with Crippen LogP contribution in [-0.4, -0.2) is 62.3 Å². The normalized spacial score (nSPS) is 22.6. The van der Waals surface area contributed by atoms with Crippen LogP contribution in [0.25, 0.3) is 0 Å². The summed E-state index contributed by atoms with van der Waals surface area (Å²) in [5, 5.41) is 6.26. The fourth-order valence-electron chi connectivity index (χ4n) is 2.42. The van der Waals surface area contributed by atoms with Crippen LogP contribution in [0.3, 0.4) is 0 Å². The molecule has 0 saturated carbocycles. The van der Waals surface area contributed by atoms with Crippen LogP contribution in [0.4, 0.5) is 0 Å². The average Bonchev–Trinajstić information content (AvgIpc) is 2.33. The predicted molar refractivity (Wildman–Crippen MR) is 70.5 cm³/mol. The first kappa shape index (κ1) is 13.8. The third-order valence-electron chi connectivity index (χ3n) is 3.93. The molecule has 0 radical (unpaired) electrons. The van der Waals surface area contributed by atoms with Gasteiger partial charge < -0.3 is 15.4 Å². The summed E-state index contributed by atoms with van der Waals surface area (Å²) in [7, 11) is 0. The van der Waals surface area contributed by atoms with Crippen molar-refractivity contribution < 1.29 is 9.53 Å². The Hall–Kier alpha value is -0.650. The molecule has 104 valence electrons. The van der Waals surface area contributed by atoms with Gasteiger partial charge in [0.15, 0.2) is 0 Å². The first-order valence-electron chi connectivity index (χ1n) is 6.88. The van der Waals surface area contributed by atoms with Gasteiger partial charge in [-0.3, -0.25) is 9.69 Å². The Balaban J connectivity index is 1.71. The molecule has 0 aromatic carbocycles. The molecule has 2 N–H and O–H groups in total. The number of hydrogen-bond acceptors (Lipinski definition) is 4. The van der Waals surface area contributed by atoms with Gasteiger partial charge in [0.25, 0.3) is 0 Å². The highest BCUT2D eigenvalue weighted by Crippen LogP contribution is 2.15. The van der Waals surface area contributed by atoms with Crippen molar-refractivity contribution in [3.63, 3.8) is 0 Å². The molecule has 18 heavy (non-hydrogen) atoms. The van der Waals surface area contributed by atoms with Crippen molar-refractivity contribution in [2.45, 2.75) is 25.8 Å². The van der Waals surface area contributed by atoms with Gasteiger partial charge >= 0.3 is 0 Å². The second-order valence-electron chi connectivity index (χ2n) is 5.92. The Kier molecular flexibility index (Phi) is 4.59. The molecule has 0 aromatic rings. The van der Waals surface area contributed by atoms with E-state index in [0.29, 0.717) is 18.9 Å². The molecule has 5 heteroatoms. The molecule has 0 bridgehead atoms. The molecule has 0 atom stereocenters. The molecule has 0 unspecified atom stereocenters.